The van der Waals surface area contributed by atoms with Crippen LogP contribution in [0.4, 0.5) is 0 Å². The summed E-state index contributed by atoms with van der Waals surface area (Å²) in [6.45, 7) is 2.67. The van der Waals surface area contributed by atoms with E-state index in [1.807, 2.05) is 23.7 Å². The molecule has 0 aliphatic carbocycles. The zero-order chi connectivity index (χ0) is 13.5. The van der Waals surface area contributed by atoms with E-state index in [-0.39, 0.29) is 6.04 Å². The molecule has 0 saturated carbocycles. The molecule has 1 atom stereocenters. The van der Waals surface area contributed by atoms with E-state index in [1.165, 1.54) is 11.3 Å². The average Bonchev–Trinajstić information content (AvgIpc) is 2.96. The summed E-state index contributed by atoms with van der Waals surface area (Å²) >= 11 is 1.30. The maximum atomic E-state index is 12.2. The highest BCUT2D eigenvalue weighted by atomic mass is 32.2. The molecule has 19 heavy (non-hydrogen) atoms. The second-order valence-electron chi connectivity index (χ2n) is 4.72. The number of aryl methyl sites for hydroxylation is 2. The second kappa shape index (κ2) is 4.73. The lowest BCUT2D eigenvalue weighted by atomic mass is 10.1. The fourth-order valence-corrected chi connectivity index (χ4v) is 4.87. The minimum absolute atomic E-state index is 0.0448. The van der Waals surface area contributed by atoms with Crippen molar-refractivity contribution in [2.24, 2.45) is 0 Å². The predicted molar refractivity (Wildman–Crippen MR) is 73.7 cm³/mol. The molecule has 1 N–H and O–H groups in total. The minimum Gasteiger partial charge on any atom is -0.269 e. The van der Waals surface area contributed by atoms with E-state index < -0.39 is 10.0 Å². The van der Waals surface area contributed by atoms with E-state index >= 15 is 0 Å². The molecular weight excluding hydrogens is 282 g/mol. The maximum Gasteiger partial charge on any atom is 0.250 e. The molecule has 0 spiro atoms. The van der Waals surface area contributed by atoms with Gasteiger partial charge in [0, 0.05) is 35.8 Å². The zero-order valence-electron chi connectivity index (χ0n) is 10.5. The van der Waals surface area contributed by atoms with Crippen molar-refractivity contribution in [1.29, 1.82) is 0 Å². The van der Waals surface area contributed by atoms with Gasteiger partial charge in [-0.2, -0.15) is 5.10 Å². The quantitative estimate of drug-likeness (QED) is 0.935. The summed E-state index contributed by atoms with van der Waals surface area (Å²) in [5.41, 5.74) is 1.08. The van der Waals surface area contributed by atoms with Gasteiger partial charge in [-0.15, -0.1) is 11.3 Å². The van der Waals surface area contributed by atoms with Crippen molar-refractivity contribution in [3.05, 3.63) is 35.0 Å². The van der Waals surface area contributed by atoms with Crippen LogP contribution in [0.15, 0.2) is 28.6 Å². The fraction of sp³-hybridized carbons (Fsp3) is 0.417. The lowest BCUT2D eigenvalue weighted by Gasteiger charge is -2.23. The highest BCUT2D eigenvalue weighted by Gasteiger charge is 2.25. The van der Waals surface area contributed by atoms with Crippen molar-refractivity contribution in [2.45, 2.75) is 36.6 Å². The van der Waals surface area contributed by atoms with Crippen LogP contribution < -0.4 is 4.72 Å². The van der Waals surface area contributed by atoms with Crippen molar-refractivity contribution in [1.82, 2.24) is 14.5 Å². The molecule has 0 aromatic carbocycles. The first kappa shape index (κ1) is 12.8. The molecule has 1 unspecified atom stereocenters. The number of sulfonamides is 1. The summed E-state index contributed by atoms with van der Waals surface area (Å²) in [6.07, 6.45) is 3.23. The van der Waals surface area contributed by atoms with Gasteiger partial charge >= 0.3 is 0 Å². The minimum atomic E-state index is -3.39. The maximum absolute atomic E-state index is 12.2. The summed E-state index contributed by atoms with van der Waals surface area (Å²) < 4.78 is 29.6. The third-order valence-corrected chi connectivity index (χ3v) is 6.26. The number of nitrogens with zero attached hydrogens (tertiary/aromatic N) is 2. The molecule has 2 aromatic heterocycles. The molecule has 3 heterocycles. The van der Waals surface area contributed by atoms with Gasteiger partial charge in [0.2, 0.25) is 10.0 Å². The van der Waals surface area contributed by atoms with Crippen LogP contribution in [0.2, 0.25) is 0 Å². The SMILES string of the molecule is Cc1ccc(S(=O)(=O)NC2CCn3nccc3C2)s1. The monoisotopic (exact) mass is 297 g/mol. The third-order valence-electron chi connectivity index (χ3n) is 3.25. The van der Waals surface area contributed by atoms with Gasteiger partial charge in [-0.05, 0) is 31.5 Å². The Kier molecular flexibility index (Phi) is 3.20. The number of hydrogen-bond acceptors (Lipinski definition) is 4. The lowest BCUT2D eigenvalue weighted by molar-refractivity contribution is 0.414. The highest BCUT2D eigenvalue weighted by molar-refractivity contribution is 7.91. The van der Waals surface area contributed by atoms with Gasteiger partial charge in [-0.25, -0.2) is 13.1 Å². The first-order chi connectivity index (χ1) is 9.04. The van der Waals surface area contributed by atoms with Crippen LogP contribution in [0.1, 0.15) is 17.0 Å². The zero-order valence-corrected chi connectivity index (χ0v) is 12.2. The fourth-order valence-electron chi connectivity index (χ4n) is 2.30. The van der Waals surface area contributed by atoms with Crippen molar-refractivity contribution in [3.63, 3.8) is 0 Å². The van der Waals surface area contributed by atoms with Crippen LogP contribution >= 0.6 is 11.3 Å². The van der Waals surface area contributed by atoms with Gasteiger partial charge in [0.1, 0.15) is 4.21 Å². The molecule has 0 saturated heterocycles. The van der Waals surface area contributed by atoms with Crippen LogP contribution in [0, 0.1) is 6.92 Å². The molecular formula is C12H15N3O2S2. The van der Waals surface area contributed by atoms with Crippen LogP contribution in [0.3, 0.4) is 0 Å². The van der Waals surface area contributed by atoms with Gasteiger partial charge in [-0.3, -0.25) is 4.68 Å². The van der Waals surface area contributed by atoms with Gasteiger partial charge in [-0.1, -0.05) is 0 Å². The van der Waals surface area contributed by atoms with Crippen molar-refractivity contribution in [2.75, 3.05) is 0 Å². The van der Waals surface area contributed by atoms with Gasteiger partial charge in [0.15, 0.2) is 0 Å². The summed E-state index contributed by atoms with van der Waals surface area (Å²) in [6, 6.07) is 5.39. The molecule has 0 amide bonds. The smallest absolute Gasteiger partial charge is 0.250 e. The summed E-state index contributed by atoms with van der Waals surface area (Å²) in [7, 11) is -3.39. The van der Waals surface area contributed by atoms with E-state index in [0.29, 0.717) is 10.6 Å². The molecule has 7 heteroatoms. The lowest BCUT2D eigenvalue weighted by Crippen LogP contribution is -2.39. The Labute approximate surface area is 116 Å². The summed E-state index contributed by atoms with van der Waals surface area (Å²) in [5, 5.41) is 4.19. The van der Waals surface area contributed by atoms with Crippen LogP contribution in [-0.2, 0) is 23.0 Å². The van der Waals surface area contributed by atoms with Crippen molar-refractivity contribution in [3.8, 4) is 0 Å². The summed E-state index contributed by atoms with van der Waals surface area (Å²) in [4.78, 5) is 1.00. The number of nitrogens with one attached hydrogen (secondary N) is 1. The average molecular weight is 297 g/mol. The molecule has 3 rings (SSSR count). The van der Waals surface area contributed by atoms with E-state index in [0.717, 1.165) is 23.5 Å². The molecule has 0 bridgehead atoms. The molecule has 2 aromatic rings. The molecule has 0 radical (unpaired) electrons. The Morgan fingerprint density at radius 3 is 3.00 bits per heavy atom. The molecule has 1 aliphatic rings. The Morgan fingerprint density at radius 2 is 2.26 bits per heavy atom. The predicted octanol–water partition coefficient (Wildman–Crippen LogP) is 1.55. The van der Waals surface area contributed by atoms with Crippen molar-refractivity contribution >= 4 is 21.4 Å². The van der Waals surface area contributed by atoms with E-state index in [4.69, 9.17) is 0 Å². The van der Waals surface area contributed by atoms with Crippen LogP contribution in [-0.4, -0.2) is 24.2 Å². The number of aromatic nitrogens is 2. The molecule has 5 nitrogen and oxygen atoms in total. The Balaban J connectivity index is 1.76. The normalized spacial score (nSPS) is 19.3. The van der Waals surface area contributed by atoms with Crippen molar-refractivity contribution < 1.29 is 8.42 Å². The number of hydrogen-bond donors (Lipinski definition) is 1. The van der Waals surface area contributed by atoms with Crippen LogP contribution in [0.25, 0.3) is 0 Å². The number of fused-ring (bicyclic) bond motifs is 1. The Bertz CT molecular complexity index is 687. The standard InChI is InChI=1S/C12H15N3O2S2/c1-9-2-3-12(18-9)19(16,17)14-10-5-7-15-11(8-10)4-6-13-15/h2-4,6,10,14H,5,7-8H2,1H3. The number of thiophene rings is 1. The van der Waals surface area contributed by atoms with E-state index in [1.54, 1.807) is 12.3 Å². The number of rotatable bonds is 3. The van der Waals surface area contributed by atoms with Gasteiger partial charge < -0.3 is 0 Å². The van der Waals surface area contributed by atoms with E-state index in [2.05, 4.69) is 9.82 Å². The Morgan fingerprint density at radius 1 is 1.42 bits per heavy atom. The van der Waals surface area contributed by atoms with E-state index in [9.17, 15) is 8.42 Å². The molecule has 1 aliphatic heterocycles. The largest absolute Gasteiger partial charge is 0.269 e. The van der Waals surface area contributed by atoms with Crippen LogP contribution in [0.5, 0.6) is 0 Å². The Hall–Kier alpha value is -1.18. The summed E-state index contributed by atoms with van der Waals surface area (Å²) in [5.74, 6) is 0. The second-order valence-corrected chi connectivity index (χ2v) is 7.95. The first-order valence-corrected chi connectivity index (χ1v) is 8.44. The van der Waals surface area contributed by atoms with Gasteiger partial charge in [0.25, 0.3) is 0 Å². The highest BCUT2D eigenvalue weighted by Crippen LogP contribution is 2.22. The first-order valence-electron chi connectivity index (χ1n) is 6.14. The van der Waals surface area contributed by atoms with Gasteiger partial charge in [0.05, 0.1) is 0 Å². The molecule has 0 fully saturated rings. The topological polar surface area (TPSA) is 64.0 Å². The molecule has 102 valence electrons. The third kappa shape index (κ3) is 2.58.